The zero-order valence-electron chi connectivity index (χ0n) is 11.7. The van der Waals surface area contributed by atoms with E-state index in [1.165, 1.54) is 36.7 Å². The molecule has 2 heterocycles. The highest BCUT2D eigenvalue weighted by Gasteiger charge is 2.23. The Labute approximate surface area is 127 Å². The molecule has 0 amide bonds. The first-order valence-electron chi connectivity index (χ1n) is 6.55. The van der Waals surface area contributed by atoms with Crippen LogP contribution in [-0.4, -0.2) is 34.5 Å². The Hall–Kier alpha value is -2.16. The van der Waals surface area contributed by atoms with Crippen molar-refractivity contribution in [2.45, 2.75) is 11.8 Å². The zero-order valence-corrected chi connectivity index (χ0v) is 12.5. The Morgan fingerprint density at radius 3 is 2.41 bits per heavy atom. The van der Waals surface area contributed by atoms with E-state index in [-0.39, 0.29) is 16.0 Å². The maximum absolute atomic E-state index is 12.7. The summed E-state index contributed by atoms with van der Waals surface area (Å²) in [5.41, 5.74) is 1.33. The molecule has 0 radical (unpaired) electrons. The van der Waals surface area contributed by atoms with Crippen molar-refractivity contribution in [3.8, 4) is 0 Å². The first-order valence-corrected chi connectivity index (χ1v) is 7.99. The Balaban J connectivity index is 2.22. The number of benzene rings is 1. The summed E-state index contributed by atoms with van der Waals surface area (Å²) in [4.78, 5) is 4.20. The van der Waals surface area contributed by atoms with E-state index in [9.17, 15) is 18.5 Å². The van der Waals surface area contributed by atoms with Crippen LogP contribution in [0.4, 0.5) is 0 Å². The van der Waals surface area contributed by atoms with E-state index in [1.807, 2.05) is 6.92 Å². The van der Waals surface area contributed by atoms with Crippen LogP contribution in [0.25, 0.3) is 11.0 Å². The van der Waals surface area contributed by atoms with Crippen molar-refractivity contribution in [3.63, 3.8) is 0 Å². The van der Waals surface area contributed by atoms with E-state index in [0.717, 1.165) is 9.54 Å². The predicted molar refractivity (Wildman–Crippen MR) is 83.3 cm³/mol. The minimum Gasteiger partial charge on any atom is -0.423 e. The van der Waals surface area contributed by atoms with Crippen LogP contribution < -0.4 is 5.46 Å². The van der Waals surface area contributed by atoms with Gasteiger partial charge in [0.1, 0.15) is 0 Å². The summed E-state index contributed by atoms with van der Waals surface area (Å²) in [6.45, 7) is 1.87. The molecule has 6 nitrogen and oxygen atoms in total. The number of hydrogen-bond donors (Lipinski definition) is 2. The first-order chi connectivity index (χ1) is 10.4. The van der Waals surface area contributed by atoms with Crippen LogP contribution in [0, 0.1) is 6.92 Å². The van der Waals surface area contributed by atoms with Gasteiger partial charge in [-0.25, -0.2) is 17.4 Å². The van der Waals surface area contributed by atoms with Gasteiger partial charge in [0.15, 0.2) is 5.65 Å². The Kier molecular flexibility index (Phi) is 3.52. The molecule has 1 aromatic carbocycles. The van der Waals surface area contributed by atoms with Crippen molar-refractivity contribution >= 4 is 33.6 Å². The summed E-state index contributed by atoms with van der Waals surface area (Å²) >= 11 is 0. The van der Waals surface area contributed by atoms with Crippen LogP contribution in [0.15, 0.2) is 53.7 Å². The topological polar surface area (TPSA) is 92.4 Å². The summed E-state index contributed by atoms with van der Waals surface area (Å²) in [6.07, 6.45) is 2.71. The monoisotopic (exact) mass is 316 g/mol. The summed E-state index contributed by atoms with van der Waals surface area (Å²) in [6, 6.07) is 9.44. The molecule has 0 bridgehead atoms. The van der Waals surface area contributed by atoms with E-state index < -0.39 is 17.1 Å². The van der Waals surface area contributed by atoms with Crippen LogP contribution in [0.5, 0.6) is 0 Å². The maximum atomic E-state index is 12.7. The third kappa shape index (κ3) is 2.31. The molecule has 0 aliphatic heterocycles. The largest absolute Gasteiger partial charge is 0.489 e. The molecule has 112 valence electrons. The van der Waals surface area contributed by atoms with E-state index in [1.54, 1.807) is 12.1 Å². The molecule has 0 spiro atoms. The summed E-state index contributed by atoms with van der Waals surface area (Å²) in [5, 5.41) is 19.1. The molecule has 0 fully saturated rings. The summed E-state index contributed by atoms with van der Waals surface area (Å²) < 4.78 is 26.4. The minimum atomic E-state index is -3.79. The van der Waals surface area contributed by atoms with Crippen molar-refractivity contribution in [2.24, 2.45) is 0 Å². The van der Waals surface area contributed by atoms with Crippen molar-refractivity contribution < 1.29 is 18.5 Å². The van der Waals surface area contributed by atoms with Gasteiger partial charge >= 0.3 is 7.12 Å². The molecule has 0 atom stereocenters. The molecule has 8 heteroatoms. The number of aryl methyl sites for hydroxylation is 1. The van der Waals surface area contributed by atoms with Crippen LogP contribution in [-0.2, 0) is 10.0 Å². The smallest absolute Gasteiger partial charge is 0.423 e. The molecule has 2 aromatic heterocycles. The maximum Gasteiger partial charge on any atom is 0.489 e. The van der Waals surface area contributed by atoms with Crippen LogP contribution in [0.3, 0.4) is 0 Å². The standard InChI is InChI=1S/C14H13BN2O4S/c1-10-2-4-11(5-3-10)22(20,21)17-9-7-12-13(15(18)19)6-8-16-14(12)17/h2-9,18-19H,1H3. The highest BCUT2D eigenvalue weighted by Crippen LogP contribution is 2.20. The molecule has 0 unspecified atom stereocenters. The highest BCUT2D eigenvalue weighted by atomic mass is 32.2. The summed E-state index contributed by atoms with van der Waals surface area (Å²) in [5.74, 6) is 0. The molecule has 0 aliphatic carbocycles. The van der Waals surface area contributed by atoms with Gasteiger partial charge in [-0.05, 0) is 36.7 Å². The molecule has 3 rings (SSSR count). The van der Waals surface area contributed by atoms with Crippen molar-refractivity contribution in [3.05, 3.63) is 54.4 Å². The van der Waals surface area contributed by atoms with Gasteiger partial charge in [-0.15, -0.1) is 0 Å². The van der Waals surface area contributed by atoms with E-state index in [4.69, 9.17) is 0 Å². The average Bonchev–Trinajstić information content (AvgIpc) is 2.92. The SMILES string of the molecule is Cc1ccc(S(=O)(=O)n2ccc3c(B(O)O)ccnc32)cc1. The lowest BCUT2D eigenvalue weighted by Gasteiger charge is -2.08. The predicted octanol–water partition coefficient (Wildman–Crippen LogP) is 0.262. The van der Waals surface area contributed by atoms with E-state index in [0.29, 0.717) is 5.39 Å². The Morgan fingerprint density at radius 2 is 1.77 bits per heavy atom. The van der Waals surface area contributed by atoms with Crippen molar-refractivity contribution in [2.75, 3.05) is 0 Å². The lowest BCUT2D eigenvalue weighted by Crippen LogP contribution is -2.30. The third-order valence-corrected chi connectivity index (χ3v) is 5.12. The number of hydrogen-bond acceptors (Lipinski definition) is 5. The molecule has 3 aromatic rings. The zero-order chi connectivity index (χ0) is 15.9. The van der Waals surface area contributed by atoms with Gasteiger partial charge in [0.2, 0.25) is 0 Å². The molecule has 22 heavy (non-hydrogen) atoms. The van der Waals surface area contributed by atoms with Gasteiger partial charge in [-0.3, -0.25) is 0 Å². The quantitative estimate of drug-likeness (QED) is 0.676. The van der Waals surface area contributed by atoms with E-state index >= 15 is 0 Å². The minimum absolute atomic E-state index is 0.146. The van der Waals surface area contributed by atoms with Gasteiger partial charge in [-0.2, -0.15) is 0 Å². The number of rotatable bonds is 3. The molecule has 0 saturated heterocycles. The van der Waals surface area contributed by atoms with Crippen LogP contribution >= 0.6 is 0 Å². The fourth-order valence-electron chi connectivity index (χ4n) is 2.28. The van der Waals surface area contributed by atoms with Gasteiger partial charge in [-0.1, -0.05) is 17.7 Å². The number of pyridine rings is 1. The third-order valence-electron chi connectivity index (χ3n) is 3.44. The first kappa shape index (κ1) is 14.8. The fraction of sp³-hybridized carbons (Fsp3) is 0.0714. The van der Waals surface area contributed by atoms with Gasteiger partial charge in [0.05, 0.1) is 4.90 Å². The van der Waals surface area contributed by atoms with Crippen LogP contribution in [0.1, 0.15) is 5.56 Å². The average molecular weight is 316 g/mol. The number of nitrogens with zero attached hydrogens (tertiary/aromatic N) is 2. The molecular formula is C14H13BN2O4S. The number of aromatic nitrogens is 2. The van der Waals surface area contributed by atoms with Crippen molar-refractivity contribution in [1.29, 1.82) is 0 Å². The number of fused-ring (bicyclic) bond motifs is 1. The lowest BCUT2D eigenvalue weighted by molar-refractivity contribution is 0.426. The summed E-state index contributed by atoms with van der Waals surface area (Å²) in [7, 11) is -5.48. The Morgan fingerprint density at radius 1 is 1.09 bits per heavy atom. The van der Waals surface area contributed by atoms with E-state index in [2.05, 4.69) is 4.98 Å². The van der Waals surface area contributed by atoms with Gasteiger partial charge in [0.25, 0.3) is 10.0 Å². The Bertz CT molecular complexity index is 933. The van der Waals surface area contributed by atoms with Crippen molar-refractivity contribution in [1.82, 2.24) is 8.96 Å². The molecule has 2 N–H and O–H groups in total. The fourth-order valence-corrected chi connectivity index (χ4v) is 3.58. The molecule has 0 saturated carbocycles. The molecular weight excluding hydrogens is 303 g/mol. The second kappa shape index (κ2) is 5.24. The highest BCUT2D eigenvalue weighted by molar-refractivity contribution is 7.90. The normalized spacial score (nSPS) is 11.8. The molecule has 0 aliphatic rings. The second-order valence-corrected chi connectivity index (χ2v) is 6.76. The second-order valence-electron chi connectivity index (χ2n) is 4.94. The van der Waals surface area contributed by atoms with Gasteiger partial charge < -0.3 is 10.0 Å². The lowest BCUT2D eigenvalue weighted by atomic mass is 9.79. The van der Waals surface area contributed by atoms with Gasteiger partial charge in [0, 0.05) is 17.8 Å². The van der Waals surface area contributed by atoms with Crippen LogP contribution in [0.2, 0.25) is 0 Å².